The SMILES string of the molecule is CCNC(=NCC(C)c1ccc(F)c(F)c1)N1CCN(CC(=O)N2CCCCC2)CC1. The first-order valence-corrected chi connectivity index (χ1v) is 11.5. The van der Waals surface area contributed by atoms with Crippen molar-refractivity contribution in [3.8, 4) is 0 Å². The van der Waals surface area contributed by atoms with Crippen LogP contribution in [0.3, 0.4) is 0 Å². The Kier molecular flexibility index (Phi) is 8.63. The molecule has 172 valence electrons. The molecule has 2 heterocycles. The van der Waals surface area contributed by atoms with Crippen LogP contribution in [0.1, 0.15) is 44.6 Å². The third-order valence-electron chi connectivity index (χ3n) is 6.10. The maximum absolute atomic E-state index is 13.5. The zero-order chi connectivity index (χ0) is 22.2. The lowest BCUT2D eigenvalue weighted by Crippen LogP contribution is -2.54. The Hall–Kier alpha value is -2.22. The molecule has 3 rings (SSSR count). The third kappa shape index (κ3) is 6.63. The van der Waals surface area contributed by atoms with E-state index in [0.29, 0.717) is 13.1 Å². The lowest BCUT2D eigenvalue weighted by molar-refractivity contribution is -0.133. The highest BCUT2D eigenvalue weighted by atomic mass is 19.2. The second-order valence-corrected chi connectivity index (χ2v) is 8.47. The van der Waals surface area contributed by atoms with Gasteiger partial charge < -0.3 is 15.1 Å². The molecule has 6 nitrogen and oxygen atoms in total. The largest absolute Gasteiger partial charge is 0.357 e. The van der Waals surface area contributed by atoms with Gasteiger partial charge in [-0.05, 0) is 43.9 Å². The van der Waals surface area contributed by atoms with Crippen LogP contribution in [0.5, 0.6) is 0 Å². The lowest BCUT2D eigenvalue weighted by atomic mass is 10.0. The molecule has 0 bridgehead atoms. The first kappa shape index (κ1) is 23.4. The molecule has 1 aromatic rings. The number of nitrogens with zero attached hydrogens (tertiary/aromatic N) is 4. The molecule has 0 radical (unpaired) electrons. The number of nitrogens with one attached hydrogen (secondary N) is 1. The van der Waals surface area contributed by atoms with E-state index in [-0.39, 0.29) is 11.8 Å². The fourth-order valence-corrected chi connectivity index (χ4v) is 4.13. The number of piperazine rings is 1. The number of hydrogen-bond acceptors (Lipinski definition) is 3. The molecule has 1 aromatic carbocycles. The summed E-state index contributed by atoms with van der Waals surface area (Å²) in [6, 6.07) is 4.03. The molecule has 2 aliphatic heterocycles. The summed E-state index contributed by atoms with van der Waals surface area (Å²) in [7, 11) is 0. The van der Waals surface area contributed by atoms with Crippen molar-refractivity contribution in [2.75, 3.05) is 58.9 Å². The molecule has 8 heteroatoms. The van der Waals surface area contributed by atoms with Crippen molar-refractivity contribution in [2.24, 2.45) is 4.99 Å². The minimum atomic E-state index is -0.829. The third-order valence-corrected chi connectivity index (χ3v) is 6.10. The minimum absolute atomic E-state index is 0.0211. The van der Waals surface area contributed by atoms with Gasteiger partial charge in [-0.3, -0.25) is 14.7 Å². The number of likely N-dealkylation sites (tertiary alicyclic amines) is 1. The summed E-state index contributed by atoms with van der Waals surface area (Å²) in [6.45, 7) is 10.8. The number of benzene rings is 1. The van der Waals surface area contributed by atoms with Gasteiger partial charge in [-0.25, -0.2) is 8.78 Å². The van der Waals surface area contributed by atoms with E-state index in [1.165, 1.54) is 18.6 Å². The van der Waals surface area contributed by atoms with Crippen LogP contribution in [0.25, 0.3) is 0 Å². The van der Waals surface area contributed by atoms with Crippen LogP contribution in [0.4, 0.5) is 8.78 Å². The van der Waals surface area contributed by atoms with Crippen LogP contribution in [0, 0.1) is 11.6 Å². The molecule has 1 amide bonds. The van der Waals surface area contributed by atoms with Gasteiger partial charge in [0, 0.05) is 58.3 Å². The summed E-state index contributed by atoms with van der Waals surface area (Å²) >= 11 is 0. The van der Waals surface area contributed by atoms with E-state index in [9.17, 15) is 13.6 Å². The molecule has 2 fully saturated rings. The van der Waals surface area contributed by atoms with Crippen LogP contribution in [0.2, 0.25) is 0 Å². The molecule has 0 aromatic heterocycles. The topological polar surface area (TPSA) is 51.2 Å². The van der Waals surface area contributed by atoms with Crippen molar-refractivity contribution in [3.05, 3.63) is 35.4 Å². The van der Waals surface area contributed by atoms with E-state index < -0.39 is 11.6 Å². The summed E-state index contributed by atoms with van der Waals surface area (Å²) < 4.78 is 26.7. The van der Waals surface area contributed by atoms with Gasteiger partial charge in [0.2, 0.25) is 5.91 Å². The molecule has 2 saturated heterocycles. The Bertz CT molecular complexity index is 758. The number of aliphatic imine (C=N–C) groups is 1. The van der Waals surface area contributed by atoms with Gasteiger partial charge in [0.25, 0.3) is 0 Å². The van der Waals surface area contributed by atoms with Crippen LogP contribution < -0.4 is 5.32 Å². The molecule has 0 spiro atoms. The fourth-order valence-electron chi connectivity index (χ4n) is 4.13. The zero-order valence-corrected chi connectivity index (χ0v) is 18.7. The van der Waals surface area contributed by atoms with E-state index in [1.54, 1.807) is 6.07 Å². The average molecular weight is 436 g/mol. The molecule has 2 aliphatic rings. The number of amides is 1. The predicted molar refractivity (Wildman–Crippen MR) is 119 cm³/mol. The highest BCUT2D eigenvalue weighted by Gasteiger charge is 2.24. The van der Waals surface area contributed by atoms with E-state index in [4.69, 9.17) is 4.99 Å². The maximum atomic E-state index is 13.5. The average Bonchev–Trinajstić information content (AvgIpc) is 2.79. The van der Waals surface area contributed by atoms with E-state index >= 15 is 0 Å². The van der Waals surface area contributed by atoms with Crippen LogP contribution in [-0.2, 0) is 4.79 Å². The molecular weight excluding hydrogens is 400 g/mol. The van der Waals surface area contributed by atoms with Gasteiger partial charge in [0.05, 0.1) is 6.54 Å². The highest BCUT2D eigenvalue weighted by Crippen LogP contribution is 2.18. The lowest BCUT2D eigenvalue weighted by Gasteiger charge is -2.37. The fraction of sp³-hybridized carbons (Fsp3) is 0.652. The summed E-state index contributed by atoms with van der Waals surface area (Å²) in [4.78, 5) is 23.7. The number of halogens is 2. The van der Waals surface area contributed by atoms with Crippen LogP contribution >= 0.6 is 0 Å². The van der Waals surface area contributed by atoms with Gasteiger partial charge >= 0.3 is 0 Å². The van der Waals surface area contributed by atoms with Gasteiger partial charge in [-0.1, -0.05) is 13.0 Å². The maximum Gasteiger partial charge on any atom is 0.236 e. The molecular formula is C23H35F2N5O. The van der Waals surface area contributed by atoms with Gasteiger partial charge in [-0.15, -0.1) is 0 Å². The Labute approximate surface area is 184 Å². The second kappa shape index (κ2) is 11.4. The van der Waals surface area contributed by atoms with Gasteiger partial charge in [0.15, 0.2) is 17.6 Å². The number of guanidine groups is 1. The molecule has 1 N–H and O–H groups in total. The highest BCUT2D eigenvalue weighted by molar-refractivity contribution is 5.80. The molecule has 31 heavy (non-hydrogen) atoms. The summed E-state index contributed by atoms with van der Waals surface area (Å²) in [6.07, 6.45) is 3.46. The Morgan fingerprint density at radius 3 is 2.39 bits per heavy atom. The number of carbonyl (C=O) groups is 1. The number of carbonyl (C=O) groups excluding carboxylic acids is 1. The number of rotatable bonds is 6. The Morgan fingerprint density at radius 2 is 1.74 bits per heavy atom. The summed E-state index contributed by atoms with van der Waals surface area (Å²) in [5.41, 5.74) is 0.736. The van der Waals surface area contributed by atoms with Crippen molar-refractivity contribution < 1.29 is 13.6 Å². The van der Waals surface area contributed by atoms with Crippen molar-refractivity contribution in [1.82, 2.24) is 20.0 Å². The summed E-state index contributed by atoms with van der Waals surface area (Å²) in [5, 5.41) is 3.34. The smallest absolute Gasteiger partial charge is 0.236 e. The van der Waals surface area contributed by atoms with Crippen LogP contribution in [-0.4, -0.2) is 85.5 Å². The van der Waals surface area contributed by atoms with Crippen molar-refractivity contribution in [3.63, 3.8) is 0 Å². The molecule has 1 atom stereocenters. The van der Waals surface area contributed by atoms with Gasteiger partial charge in [-0.2, -0.15) is 0 Å². The first-order valence-electron chi connectivity index (χ1n) is 11.5. The predicted octanol–water partition coefficient (Wildman–Crippen LogP) is 2.66. The van der Waals surface area contributed by atoms with Crippen LogP contribution in [0.15, 0.2) is 23.2 Å². The molecule has 0 saturated carbocycles. The summed E-state index contributed by atoms with van der Waals surface area (Å²) in [5.74, 6) is -0.597. The van der Waals surface area contributed by atoms with E-state index in [1.807, 2.05) is 18.7 Å². The minimum Gasteiger partial charge on any atom is -0.357 e. The normalized spacial score (nSPS) is 19.4. The van der Waals surface area contributed by atoms with Gasteiger partial charge in [0.1, 0.15) is 0 Å². The van der Waals surface area contributed by atoms with Crippen molar-refractivity contribution in [1.29, 1.82) is 0 Å². The number of hydrogen-bond donors (Lipinski definition) is 1. The number of piperidine rings is 1. The quantitative estimate of drug-likeness (QED) is 0.551. The second-order valence-electron chi connectivity index (χ2n) is 8.47. The Balaban J connectivity index is 1.52. The van der Waals surface area contributed by atoms with E-state index in [0.717, 1.165) is 70.2 Å². The Morgan fingerprint density at radius 1 is 1.03 bits per heavy atom. The first-order chi connectivity index (χ1) is 15.0. The van der Waals surface area contributed by atoms with Crippen molar-refractivity contribution in [2.45, 2.75) is 39.0 Å². The van der Waals surface area contributed by atoms with E-state index in [2.05, 4.69) is 15.1 Å². The monoisotopic (exact) mass is 435 g/mol. The molecule has 0 aliphatic carbocycles. The zero-order valence-electron chi connectivity index (χ0n) is 18.7. The van der Waals surface area contributed by atoms with Crippen molar-refractivity contribution >= 4 is 11.9 Å². The standard InChI is InChI=1S/C23H35F2N5O/c1-3-26-23(27-16-18(2)19-7-8-20(24)21(25)15-19)30-13-11-28(12-14-30)17-22(31)29-9-5-4-6-10-29/h7-8,15,18H,3-6,9-14,16-17H2,1-2H3,(H,26,27). The molecule has 1 unspecified atom stereocenters.